The first-order chi connectivity index (χ1) is 7.84. The number of nitrogens with zero attached hydrogens (tertiary/aromatic N) is 1. The zero-order valence-electron chi connectivity index (χ0n) is 9.13. The van der Waals surface area contributed by atoms with E-state index in [4.69, 9.17) is 0 Å². The van der Waals surface area contributed by atoms with Crippen molar-refractivity contribution in [3.63, 3.8) is 0 Å². The molecule has 1 nitrogen and oxygen atoms in total. The number of benzene rings is 1. The third-order valence-corrected chi connectivity index (χ3v) is 4.06. The van der Waals surface area contributed by atoms with Crippen LogP contribution in [-0.4, -0.2) is 12.3 Å². The highest BCUT2D eigenvalue weighted by Crippen LogP contribution is 2.39. The van der Waals surface area contributed by atoms with E-state index in [0.29, 0.717) is 5.25 Å². The number of hydrogen-bond acceptors (Lipinski definition) is 2. The minimum Gasteiger partial charge on any atom is -0.344 e. The Morgan fingerprint density at radius 3 is 3.00 bits per heavy atom. The maximum Gasteiger partial charge on any atom is 0.0546 e. The summed E-state index contributed by atoms with van der Waals surface area (Å²) in [6.45, 7) is 0. The lowest BCUT2D eigenvalue weighted by atomic mass is 10.2. The van der Waals surface area contributed by atoms with E-state index in [-0.39, 0.29) is 0 Å². The molecule has 0 saturated carbocycles. The molecule has 0 aromatic heterocycles. The SMILES string of the molecule is CN1C2=C[C@@H](C=CC=C2)Sc2ccccc21. The van der Waals surface area contributed by atoms with E-state index in [1.54, 1.807) is 0 Å². The number of fused-ring (bicyclic) bond motifs is 2. The van der Waals surface area contributed by atoms with Gasteiger partial charge < -0.3 is 4.90 Å². The Labute approximate surface area is 100 Å². The molecule has 80 valence electrons. The van der Waals surface area contributed by atoms with Crippen LogP contribution in [0, 0.1) is 0 Å². The van der Waals surface area contributed by atoms with Crippen LogP contribution in [0.25, 0.3) is 0 Å². The molecule has 1 aromatic rings. The molecule has 1 aliphatic heterocycles. The minimum absolute atomic E-state index is 0.441. The van der Waals surface area contributed by atoms with E-state index < -0.39 is 0 Å². The zero-order valence-corrected chi connectivity index (χ0v) is 9.95. The van der Waals surface area contributed by atoms with E-state index in [9.17, 15) is 0 Å². The summed E-state index contributed by atoms with van der Waals surface area (Å²) in [6, 6.07) is 8.57. The molecule has 0 fully saturated rings. The van der Waals surface area contributed by atoms with Gasteiger partial charge in [-0.2, -0.15) is 0 Å². The molecule has 2 bridgehead atoms. The predicted molar refractivity (Wildman–Crippen MR) is 70.9 cm³/mol. The van der Waals surface area contributed by atoms with E-state index >= 15 is 0 Å². The van der Waals surface area contributed by atoms with Crippen LogP contribution in [-0.2, 0) is 0 Å². The summed E-state index contributed by atoms with van der Waals surface area (Å²) in [5.41, 5.74) is 2.56. The fraction of sp³-hybridized carbons (Fsp3) is 0.143. The Bertz CT molecular complexity index is 499. The summed E-state index contributed by atoms with van der Waals surface area (Å²) >= 11 is 1.91. The molecule has 0 N–H and O–H groups in total. The van der Waals surface area contributed by atoms with Crippen LogP contribution in [0.1, 0.15) is 0 Å². The van der Waals surface area contributed by atoms with Gasteiger partial charge in [0.25, 0.3) is 0 Å². The second-order valence-electron chi connectivity index (χ2n) is 3.94. The second kappa shape index (κ2) is 3.87. The van der Waals surface area contributed by atoms with Crippen LogP contribution >= 0.6 is 11.8 Å². The molecule has 0 saturated heterocycles. The molecule has 0 amide bonds. The largest absolute Gasteiger partial charge is 0.344 e. The Kier molecular flexibility index (Phi) is 2.37. The van der Waals surface area contributed by atoms with Gasteiger partial charge in [-0.1, -0.05) is 30.4 Å². The van der Waals surface area contributed by atoms with Crippen LogP contribution in [0.2, 0.25) is 0 Å². The van der Waals surface area contributed by atoms with Crippen LogP contribution in [0.3, 0.4) is 0 Å². The molecule has 1 heterocycles. The predicted octanol–water partition coefficient (Wildman–Crippen LogP) is 3.61. The minimum atomic E-state index is 0.441. The Balaban J connectivity index is 2.15. The molecule has 1 aliphatic carbocycles. The van der Waals surface area contributed by atoms with Gasteiger partial charge in [0.2, 0.25) is 0 Å². The van der Waals surface area contributed by atoms with Crippen molar-refractivity contribution in [1.29, 1.82) is 0 Å². The number of likely N-dealkylation sites (N-methyl/N-ethyl adjacent to an activating group) is 1. The Hall–Kier alpha value is -1.41. The van der Waals surface area contributed by atoms with Gasteiger partial charge in [0.05, 0.1) is 5.69 Å². The average Bonchev–Trinajstić information content (AvgIpc) is 2.61. The van der Waals surface area contributed by atoms with Crippen molar-refractivity contribution >= 4 is 17.4 Å². The summed E-state index contributed by atoms with van der Waals surface area (Å²) < 4.78 is 0. The molecule has 2 aliphatic rings. The summed E-state index contributed by atoms with van der Waals surface area (Å²) in [4.78, 5) is 3.60. The average molecular weight is 227 g/mol. The number of hydrogen-bond donors (Lipinski definition) is 0. The normalized spacial score (nSPS) is 22.2. The molecular formula is C14H13NS. The lowest BCUT2D eigenvalue weighted by Crippen LogP contribution is -2.14. The lowest BCUT2D eigenvalue weighted by molar-refractivity contribution is 1.11. The van der Waals surface area contributed by atoms with Gasteiger partial charge in [0, 0.05) is 22.9 Å². The van der Waals surface area contributed by atoms with E-state index in [1.807, 2.05) is 11.8 Å². The van der Waals surface area contributed by atoms with Crippen LogP contribution in [0.4, 0.5) is 5.69 Å². The van der Waals surface area contributed by atoms with Crippen LogP contribution in [0.5, 0.6) is 0 Å². The highest BCUT2D eigenvalue weighted by Gasteiger charge is 2.18. The van der Waals surface area contributed by atoms with Gasteiger partial charge in [-0.15, -0.1) is 11.8 Å². The third kappa shape index (κ3) is 1.59. The summed E-state index contributed by atoms with van der Waals surface area (Å²) in [7, 11) is 2.13. The maximum atomic E-state index is 2.31. The third-order valence-electron chi connectivity index (χ3n) is 2.89. The number of para-hydroxylation sites is 1. The zero-order chi connectivity index (χ0) is 11.0. The van der Waals surface area contributed by atoms with Crippen molar-refractivity contribution in [2.75, 3.05) is 11.9 Å². The van der Waals surface area contributed by atoms with Crippen molar-refractivity contribution in [1.82, 2.24) is 0 Å². The van der Waals surface area contributed by atoms with E-state index in [0.717, 1.165) is 0 Å². The fourth-order valence-electron chi connectivity index (χ4n) is 2.02. The Morgan fingerprint density at radius 1 is 1.19 bits per heavy atom. The molecular weight excluding hydrogens is 214 g/mol. The fourth-order valence-corrected chi connectivity index (χ4v) is 3.18. The molecule has 0 unspecified atom stereocenters. The molecule has 1 aromatic carbocycles. The van der Waals surface area contributed by atoms with Crippen LogP contribution < -0.4 is 4.90 Å². The van der Waals surface area contributed by atoms with Crippen molar-refractivity contribution in [2.45, 2.75) is 10.1 Å². The molecule has 1 atom stereocenters. The van der Waals surface area contributed by atoms with Crippen molar-refractivity contribution in [2.24, 2.45) is 0 Å². The summed E-state index contributed by atoms with van der Waals surface area (Å²) in [6.07, 6.45) is 11.0. The standard InChI is InChI=1S/C14H13NS/c1-15-11-6-2-3-7-12(10-11)16-14-9-5-4-8-13(14)15/h2-10,12H,1H3/t12-/m1/s1. The van der Waals surface area contributed by atoms with Crippen molar-refractivity contribution in [3.8, 4) is 0 Å². The molecule has 3 rings (SSSR count). The monoisotopic (exact) mass is 227 g/mol. The lowest BCUT2D eigenvalue weighted by Gasteiger charge is -2.20. The summed E-state index contributed by atoms with van der Waals surface area (Å²) in [5.74, 6) is 0. The number of anilines is 1. The Morgan fingerprint density at radius 2 is 2.06 bits per heavy atom. The van der Waals surface area contributed by atoms with Gasteiger partial charge in [-0.25, -0.2) is 0 Å². The van der Waals surface area contributed by atoms with Gasteiger partial charge >= 0.3 is 0 Å². The maximum absolute atomic E-state index is 2.31. The molecule has 0 radical (unpaired) electrons. The van der Waals surface area contributed by atoms with Gasteiger partial charge in [-0.05, 0) is 24.3 Å². The molecule has 2 heteroatoms. The number of thioether (sulfide) groups is 1. The second-order valence-corrected chi connectivity index (χ2v) is 5.16. The van der Waals surface area contributed by atoms with E-state index in [1.165, 1.54) is 16.3 Å². The summed E-state index contributed by atoms with van der Waals surface area (Å²) in [5, 5.41) is 0.441. The highest BCUT2D eigenvalue weighted by molar-refractivity contribution is 8.00. The van der Waals surface area contributed by atoms with Gasteiger partial charge in [-0.3, -0.25) is 0 Å². The first kappa shape index (κ1) is 9.79. The smallest absolute Gasteiger partial charge is 0.0546 e. The van der Waals surface area contributed by atoms with Gasteiger partial charge in [0.1, 0.15) is 0 Å². The quantitative estimate of drug-likeness (QED) is 0.666. The van der Waals surface area contributed by atoms with Crippen LogP contribution in [0.15, 0.2) is 65.2 Å². The first-order valence-electron chi connectivity index (χ1n) is 5.41. The molecule has 16 heavy (non-hydrogen) atoms. The number of rotatable bonds is 0. The topological polar surface area (TPSA) is 3.24 Å². The van der Waals surface area contributed by atoms with Crippen molar-refractivity contribution < 1.29 is 0 Å². The van der Waals surface area contributed by atoms with E-state index in [2.05, 4.69) is 66.6 Å². The molecule has 0 spiro atoms. The first-order valence-corrected chi connectivity index (χ1v) is 6.29. The highest BCUT2D eigenvalue weighted by atomic mass is 32.2. The van der Waals surface area contributed by atoms with Gasteiger partial charge in [0.15, 0.2) is 0 Å². The van der Waals surface area contributed by atoms with Crippen molar-refractivity contribution in [3.05, 3.63) is 60.3 Å². The number of allylic oxidation sites excluding steroid dienone is 3.